The van der Waals surface area contributed by atoms with Gasteiger partial charge in [-0.05, 0) is 23.8 Å². The Labute approximate surface area is 243 Å². The van der Waals surface area contributed by atoms with Crippen molar-refractivity contribution in [3.05, 3.63) is 71.8 Å². The first kappa shape index (κ1) is 28.3. The van der Waals surface area contributed by atoms with Gasteiger partial charge in [0.25, 0.3) is 0 Å². The minimum Gasteiger partial charge on any atom is -0.481 e. The summed E-state index contributed by atoms with van der Waals surface area (Å²) in [5.74, 6) is 1.35. The number of aromatic nitrogens is 4. The fourth-order valence-electron chi connectivity index (χ4n) is 5.03. The first-order valence-electron chi connectivity index (χ1n) is 13.5. The number of nitriles is 1. The lowest BCUT2D eigenvalue weighted by Gasteiger charge is -2.35. The van der Waals surface area contributed by atoms with Crippen LogP contribution >= 0.6 is 0 Å². The van der Waals surface area contributed by atoms with Gasteiger partial charge in [-0.25, -0.2) is 14.5 Å². The van der Waals surface area contributed by atoms with Crippen molar-refractivity contribution in [2.24, 2.45) is 0 Å². The van der Waals surface area contributed by atoms with Crippen molar-refractivity contribution in [2.45, 2.75) is 13.5 Å². The molecule has 4 aromatic heterocycles. The number of carbonyl (C=O) groups is 1. The van der Waals surface area contributed by atoms with Crippen molar-refractivity contribution in [3.63, 3.8) is 0 Å². The first-order valence-corrected chi connectivity index (χ1v) is 13.5. The van der Waals surface area contributed by atoms with Gasteiger partial charge in [-0.2, -0.15) is 5.26 Å². The van der Waals surface area contributed by atoms with Crippen LogP contribution in [0.2, 0.25) is 0 Å². The quantitative estimate of drug-likeness (QED) is 0.261. The number of fused-ring (bicyclic) bond motifs is 1. The van der Waals surface area contributed by atoms with Crippen LogP contribution in [0.3, 0.4) is 0 Å². The molecule has 0 aromatic carbocycles. The van der Waals surface area contributed by atoms with Crippen molar-refractivity contribution >= 4 is 34.8 Å². The molecule has 5 heterocycles. The Balaban J connectivity index is 1.41. The fourth-order valence-corrected chi connectivity index (χ4v) is 5.03. The fraction of sp³-hybridized carbons (Fsp3) is 0.267. The summed E-state index contributed by atoms with van der Waals surface area (Å²) in [5.41, 5.74) is 4.81. The third kappa shape index (κ3) is 5.91. The summed E-state index contributed by atoms with van der Waals surface area (Å²) in [6, 6.07) is 12.0. The standard InChI is InChI=1S/C30H32N10O2/c1-20(41)36-30-26(14-32)29-25(12-23(19-40(29)37-30)24(13-31)16-33-2)22-5-6-27(34-17-22)39-10-8-38(9-11-39)18-21-4-7-28(42-3)35-15-21/h4-7,12-13,15-17,19,31,33H,8-11,18H2,1-3H3,(H,36,37,41)/b24-16+,31-13?. The number of anilines is 2. The van der Waals surface area contributed by atoms with Gasteiger partial charge in [-0.1, -0.05) is 6.07 Å². The molecule has 5 rings (SSSR count). The van der Waals surface area contributed by atoms with Crippen LogP contribution in [0.1, 0.15) is 23.6 Å². The van der Waals surface area contributed by atoms with E-state index in [4.69, 9.17) is 15.1 Å². The van der Waals surface area contributed by atoms with Gasteiger partial charge in [0.2, 0.25) is 11.8 Å². The van der Waals surface area contributed by atoms with Gasteiger partial charge in [-0.3, -0.25) is 9.69 Å². The van der Waals surface area contributed by atoms with Gasteiger partial charge in [-0.15, -0.1) is 5.10 Å². The van der Waals surface area contributed by atoms with E-state index in [2.05, 4.69) is 36.6 Å². The predicted molar refractivity (Wildman–Crippen MR) is 162 cm³/mol. The molecule has 1 aliphatic rings. The van der Waals surface area contributed by atoms with E-state index < -0.39 is 0 Å². The average molecular weight is 565 g/mol. The number of hydrogen-bond donors (Lipinski definition) is 3. The van der Waals surface area contributed by atoms with Crippen molar-refractivity contribution in [2.75, 3.05) is 50.6 Å². The number of pyridine rings is 3. The lowest BCUT2D eigenvalue weighted by atomic mass is 10.0. The SMILES string of the molecule is CN/C=C(\C=N)c1cc(-c2ccc(N3CCN(Cc4ccc(OC)nc4)CC3)nc2)c2c(C#N)c(NC(C)=O)nn2c1. The smallest absolute Gasteiger partial charge is 0.222 e. The molecule has 0 spiro atoms. The van der Waals surface area contributed by atoms with E-state index in [-0.39, 0.29) is 17.3 Å². The molecule has 12 heteroatoms. The molecule has 0 radical (unpaired) electrons. The molecule has 0 atom stereocenters. The number of allylic oxidation sites excluding steroid dienone is 1. The van der Waals surface area contributed by atoms with E-state index in [1.807, 2.05) is 36.5 Å². The lowest BCUT2D eigenvalue weighted by molar-refractivity contribution is -0.114. The molecule has 0 aliphatic carbocycles. The third-order valence-corrected chi connectivity index (χ3v) is 7.09. The van der Waals surface area contributed by atoms with Crippen LogP contribution in [0.5, 0.6) is 5.88 Å². The van der Waals surface area contributed by atoms with E-state index in [0.717, 1.165) is 55.2 Å². The number of rotatable bonds is 9. The zero-order valence-corrected chi connectivity index (χ0v) is 23.8. The van der Waals surface area contributed by atoms with Gasteiger partial charge in [0, 0.05) is 106 Å². The Morgan fingerprint density at radius 1 is 1.17 bits per heavy atom. The summed E-state index contributed by atoms with van der Waals surface area (Å²) >= 11 is 0. The van der Waals surface area contributed by atoms with Crippen LogP contribution in [0.4, 0.5) is 11.6 Å². The molecule has 0 unspecified atom stereocenters. The van der Waals surface area contributed by atoms with E-state index in [1.54, 1.807) is 37.3 Å². The van der Waals surface area contributed by atoms with Crippen LogP contribution < -0.4 is 20.3 Å². The second-order valence-electron chi connectivity index (χ2n) is 9.86. The highest BCUT2D eigenvalue weighted by molar-refractivity contribution is 6.09. The largest absolute Gasteiger partial charge is 0.481 e. The number of nitrogens with zero attached hydrogens (tertiary/aromatic N) is 7. The summed E-state index contributed by atoms with van der Waals surface area (Å²) in [4.78, 5) is 25.5. The molecule has 1 fully saturated rings. The Kier molecular flexibility index (Phi) is 8.40. The van der Waals surface area contributed by atoms with Gasteiger partial charge < -0.3 is 25.7 Å². The minimum absolute atomic E-state index is 0.185. The number of nitrogens with one attached hydrogen (secondary N) is 3. The Morgan fingerprint density at radius 3 is 2.57 bits per heavy atom. The van der Waals surface area contributed by atoms with E-state index in [0.29, 0.717) is 22.5 Å². The van der Waals surface area contributed by atoms with E-state index in [1.165, 1.54) is 13.1 Å². The van der Waals surface area contributed by atoms with Crippen molar-refractivity contribution in [1.29, 1.82) is 10.7 Å². The molecule has 1 aliphatic heterocycles. The molecule has 1 amide bonds. The highest BCUT2D eigenvalue weighted by Gasteiger charge is 2.21. The van der Waals surface area contributed by atoms with Crippen LogP contribution in [0, 0.1) is 16.7 Å². The first-order chi connectivity index (χ1) is 20.4. The van der Waals surface area contributed by atoms with Crippen molar-refractivity contribution in [1.82, 2.24) is 29.8 Å². The molecular formula is C30H32N10O2. The van der Waals surface area contributed by atoms with Gasteiger partial charge in [0.15, 0.2) is 5.82 Å². The van der Waals surface area contributed by atoms with Crippen molar-refractivity contribution in [3.8, 4) is 23.1 Å². The molecule has 3 N–H and O–H groups in total. The monoisotopic (exact) mass is 564 g/mol. The maximum absolute atomic E-state index is 11.8. The Hall–Kier alpha value is -5.28. The highest BCUT2D eigenvalue weighted by Crippen LogP contribution is 2.33. The highest BCUT2D eigenvalue weighted by atomic mass is 16.5. The molecule has 1 saturated heterocycles. The molecular weight excluding hydrogens is 532 g/mol. The molecule has 214 valence electrons. The van der Waals surface area contributed by atoms with Gasteiger partial charge >= 0.3 is 0 Å². The number of methoxy groups -OCH3 is 1. The maximum atomic E-state index is 11.8. The second kappa shape index (κ2) is 12.5. The van der Waals surface area contributed by atoms with Crippen LogP contribution in [-0.4, -0.2) is 76.9 Å². The number of hydrogen-bond acceptors (Lipinski definition) is 10. The summed E-state index contributed by atoms with van der Waals surface area (Å²) in [5, 5.41) is 28.0. The molecule has 4 aromatic rings. The van der Waals surface area contributed by atoms with Crippen LogP contribution in [-0.2, 0) is 11.3 Å². The third-order valence-electron chi connectivity index (χ3n) is 7.09. The lowest BCUT2D eigenvalue weighted by Crippen LogP contribution is -2.46. The summed E-state index contributed by atoms with van der Waals surface area (Å²) in [7, 11) is 3.37. The number of piperazine rings is 1. The Morgan fingerprint density at radius 2 is 1.98 bits per heavy atom. The van der Waals surface area contributed by atoms with E-state index in [9.17, 15) is 10.1 Å². The van der Waals surface area contributed by atoms with Gasteiger partial charge in [0.05, 0.1) is 12.6 Å². The molecule has 42 heavy (non-hydrogen) atoms. The van der Waals surface area contributed by atoms with Crippen molar-refractivity contribution < 1.29 is 9.53 Å². The number of ether oxygens (including phenoxy) is 1. The maximum Gasteiger partial charge on any atom is 0.222 e. The summed E-state index contributed by atoms with van der Waals surface area (Å²) in [6.45, 7) is 5.68. The second-order valence-corrected chi connectivity index (χ2v) is 9.86. The summed E-state index contributed by atoms with van der Waals surface area (Å²) < 4.78 is 6.73. The zero-order chi connectivity index (χ0) is 29.6. The van der Waals surface area contributed by atoms with E-state index >= 15 is 0 Å². The number of amides is 1. The average Bonchev–Trinajstić information content (AvgIpc) is 3.36. The predicted octanol–water partition coefficient (Wildman–Crippen LogP) is 3.16. The number of carbonyl (C=O) groups excluding carboxylic acids is 1. The normalized spacial score (nSPS) is 14.0. The summed E-state index contributed by atoms with van der Waals surface area (Å²) in [6.07, 6.45) is 8.35. The van der Waals surface area contributed by atoms with Gasteiger partial charge in [0.1, 0.15) is 17.5 Å². The molecule has 12 nitrogen and oxygen atoms in total. The molecule has 0 saturated carbocycles. The minimum atomic E-state index is -0.321. The molecule has 0 bridgehead atoms. The van der Waals surface area contributed by atoms with Crippen LogP contribution in [0.15, 0.2) is 55.1 Å². The Bertz CT molecular complexity index is 1660. The topological polar surface area (TPSA) is 148 Å². The zero-order valence-electron chi connectivity index (χ0n) is 23.8. The van der Waals surface area contributed by atoms with Crippen LogP contribution in [0.25, 0.3) is 22.2 Å².